The molecule has 0 fully saturated rings. The van der Waals surface area contributed by atoms with Gasteiger partial charge in [-0.15, -0.1) is 0 Å². The molecule has 5 heteroatoms. The number of isocyanates is 1. The molecule has 0 saturated heterocycles. The van der Waals surface area contributed by atoms with Gasteiger partial charge in [-0.1, -0.05) is 30.1 Å². The third kappa shape index (κ3) is 2.19. The first-order valence-electron chi connectivity index (χ1n) is 4.14. The maximum absolute atomic E-state index is 10.2. The van der Waals surface area contributed by atoms with Crippen LogP contribution < -0.4 is 0 Å². The highest BCUT2D eigenvalue weighted by molar-refractivity contribution is 6.37. The van der Waals surface area contributed by atoms with Crippen LogP contribution in [0.3, 0.4) is 0 Å². The summed E-state index contributed by atoms with van der Waals surface area (Å²) in [4.78, 5) is 13.7. The Labute approximate surface area is 96.9 Å². The van der Waals surface area contributed by atoms with E-state index in [-0.39, 0.29) is 15.6 Å². The lowest BCUT2D eigenvalue weighted by Crippen LogP contribution is -1.89. The molecule has 0 atom stereocenters. The standard InChI is InChI=1S/C10H6Cl2N2O/c1-2-6-9(14-5-15)3-8(11)7(4-13)10(6)12/h3H,2H2,1H3. The first-order valence-corrected chi connectivity index (χ1v) is 4.90. The summed E-state index contributed by atoms with van der Waals surface area (Å²) in [6.07, 6.45) is 1.99. The smallest absolute Gasteiger partial charge is 0.211 e. The summed E-state index contributed by atoms with van der Waals surface area (Å²) in [7, 11) is 0. The molecule has 0 aliphatic carbocycles. The van der Waals surface area contributed by atoms with Crippen molar-refractivity contribution in [3.8, 4) is 6.07 Å². The second kappa shape index (κ2) is 4.95. The highest BCUT2D eigenvalue weighted by Crippen LogP contribution is 2.35. The molecular formula is C10H6Cl2N2O. The van der Waals surface area contributed by atoms with E-state index >= 15 is 0 Å². The van der Waals surface area contributed by atoms with Crippen LogP contribution in [-0.2, 0) is 11.2 Å². The lowest BCUT2D eigenvalue weighted by Gasteiger charge is -2.07. The SMILES string of the molecule is CCc1c(N=C=O)cc(Cl)c(C#N)c1Cl. The van der Waals surface area contributed by atoms with Gasteiger partial charge in [-0.3, -0.25) is 0 Å². The van der Waals surface area contributed by atoms with E-state index < -0.39 is 0 Å². The molecule has 0 amide bonds. The minimum absolute atomic E-state index is 0.189. The van der Waals surface area contributed by atoms with Crippen LogP contribution in [0.1, 0.15) is 18.1 Å². The fourth-order valence-corrected chi connectivity index (χ4v) is 1.90. The summed E-state index contributed by atoms with van der Waals surface area (Å²) in [5, 5.41) is 9.25. The topological polar surface area (TPSA) is 53.2 Å². The van der Waals surface area contributed by atoms with Crippen molar-refractivity contribution in [2.75, 3.05) is 0 Å². The van der Waals surface area contributed by atoms with Gasteiger partial charge < -0.3 is 0 Å². The molecule has 0 heterocycles. The van der Waals surface area contributed by atoms with E-state index in [1.807, 2.05) is 13.0 Å². The van der Waals surface area contributed by atoms with Gasteiger partial charge in [-0.05, 0) is 18.1 Å². The first-order chi connectivity index (χ1) is 7.15. The van der Waals surface area contributed by atoms with Gasteiger partial charge in [0.05, 0.1) is 21.3 Å². The number of carbonyl (C=O) groups excluding carboxylic acids is 1. The number of rotatable bonds is 2. The molecule has 0 aliphatic heterocycles. The van der Waals surface area contributed by atoms with Crippen molar-refractivity contribution in [2.45, 2.75) is 13.3 Å². The quantitative estimate of drug-likeness (QED) is 0.588. The maximum atomic E-state index is 10.2. The van der Waals surface area contributed by atoms with E-state index in [1.165, 1.54) is 12.1 Å². The molecule has 76 valence electrons. The average molecular weight is 241 g/mol. The van der Waals surface area contributed by atoms with Crippen LogP contribution in [-0.4, -0.2) is 6.08 Å². The molecule has 0 spiro atoms. The van der Waals surface area contributed by atoms with E-state index in [9.17, 15) is 4.79 Å². The van der Waals surface area contributed by atoms with Gasteiger partial charge in [-0.2, -0.15) is 10.3 Å². The summed E-state index contributed by atoms with van der Waals surface area (Å²) in [5.41, 5.74) is 1.20. The van der Waals surface area contributed by atoms with Gasteiger partial charge in [0, 0.05) is 0 Å². The average Bonchev–Trinajstić information content (AvgIpc) is 2.19. The third-order valence-electron chi connectivity index (χ3n) is 1.93. The Hall–Kier alpha value is -1.33. The van der Waals surface area contributed by atoms with E-state index in [1.54, 1.807) is 0 Å². The molecule has 1 aromatic rings. The Morgan fingerprint density at radius 2 is 2.20 bits per heavy atom. The predicted octanol–water partition coefficient (Wildman–Crippen LogP) is 3.39. The van der Waals surface area contributed by atoms with Gasteiger partial charge in [0.1, 0.15) is 6.07 Å². The number of halogens is 2. The van der Waals surface area contributed by atoms with Gasteiger partial charge in [-0.25, -0.2) is 4.79 Å². The van der Waals surface area contributed by atoms with E-state index in [0.717, 1.165) is 0 Å². The lowest BCUT2D eigenvalue weighted by atomic mass is 10.1. The fraction of sp³-hybridized carbons (Fsp3) is 0.200. The summed E-state index contributed by atoms with van der Waals surface area (Å²) < 4.78 is 0. The Morgan fingerprint density at radius 3 is 2.67 bits per heavy atom. The van der Waals surface area contributed by atoms with Crippen molar-refractivity contribution < 1.29 is 4.79 Å². The first kappa shape index (κ1) is 11.7. The Bertz CT molecular complexity index is 485. The fourth-order valence-electron chi connectivity index (χ4n) is 1.24. The van der Waals surface area contributed by atoms with E-state index in [4.69, 9.17) is 28.5 Å². The van der Waals surface area contributed by atoms with Gasteiger partial charge in [0.2, 0.25) is 6.08 Å². The van der Waals surface area contributed by atoms with Crippen molar-refractivity contribution in [2.24, 2.45) is 4.99 Å². The number of benzene rings is 1. The van der Waals surface area contributed by atoms with E-state index in [2.05, 4.69) is 4.99 Å². The second-order valence-electron chi connectivity index (χ2n) is 2.71. The lowest BCUT2D eigenvalue weighted by molar-refractivity contribution is 0.565. The molecule has 0 radical (unpaired) electrons. The normalized spacial score (nSPS) is 9.20. The van der Waals surface area contributed by atoms with Crippen molar-refractivity contribution in [3.05, 3.63) is 27.2 Å². The summed E-state index contributed by atoms with van der Waals surface area (Å²) >= 11 is 11.8. The second-order valence-corrected chi connectivity index (χ2v) is 3.50. The molecule has 1 aromatic carbocycles. The molecule has 1 rings (SSSR count). The minimum Gasteiger partial charge on any atom is -0.211 e. The van der Waals surface area contributed by atoms with Crippen LogP contribution >= 0.6 is 23.2 Å². The number of nitriles is 1. The molecule has 0 N–H and O–H groups in total. The van der Waals surface area contributed by atoms with Crippen LogP contribution in [0.2, 0.25) is 10.0 Å². The zero-order chi connectivity index (χ0) is 11.4. The van der Waals surface area contributed by atoms with Crippen molar-refractivity contribution in [3.63, 3.8) is 0 Å². The van der Waals surface area contributed by atoms with Gasteiger partial charge >= 0.3 is 0 Å². The van der Waals surface area contributed by atoms with Crippen LogP contribution in [0, 0.1) is 11.3 Å². The molecule has 0 aliphatic rings. The molecule has 0 bridgehead atoms. The zero-order valence-corrected chi connectivity index (χ0v) is 9.35. The Kier molecular flexibility index (Phi) is 3.88. The number of aliphatic imine (C=N–C) groups is 1. The number of hydrogen-bond acceptors (Lipinski definition) is 3. The van der Waals surface area contributed by atoms with Crippen LogP contribution in [0.5, 0.6) is 0 Å². The predicted molar refractivity (Wildman–Crippen MR) is 58.3 cm³/mol. The summed E-state index contributed by atoms with van der Waals surface area (Å²) in [6.45, 7) is 1.85. The highest BCUT2D eigenvalue weighted by atomic mass is 35.5. The molecule has 0 unspecified atom stereocenters. The van der Waals surface area contributed by atoms with Gasteiger partial charge in [0.15, 0.2) is 0 Å². The van der Waals surface area contributed by atoms with Crippen molar-refractivity contribution in [1.82, 2.24) is 0 Å². The third-order valence-corrected chi connectivity index (χ3v) is 2.64. The molecule has 15 heavy (non-hydrogen) atoms. The minimum atomic E-state index is 0.189. The van der Waals surface area contributed by atoms with Crippen LogP contribution in [0.15, 0.2) is 11.1 Å². The van der Waals surface area contributed by atoms with E-state index in [0.29, 0.717) is 17.7 Å². The largest absolute Gasteiger partial charge is 0.240 e. The Balaban J connectivity index is 3.60. The summed E-state index contributed by atoms with van der Waals surface area (Å²) in [5.74, 6) is 0. The highest BCUT2D eigenvalue weighted by Gasteiger charge is 2.14. The maximum Gasteiger partial charge on any atom is 0.240 e. The number of nitrogens with zero attached hydrogens (tertiary/aromatic N) is 2. The molecule has 0 saturated carbocycles. The summed E-state index contributed by atoms with van der Waals surface area (Å²) in [6, 6.07) is 3.34. The van der Waals surface area contributed by atoms with Crippen molar-refractivity contribution >= 4 is 35.0 Å². The molecule has 0 aromatic heterocycles. The zero-order valence-electron chi connectivity index (χ0n) is 7.84. The molecule has 3 nitrogen and oxygen atoms in total. The monoisotopic (exact) mass is 240 g/mol. The van der Waals surface area contributed by atoms with Crippen molar-refractivity contribution in [1.29, 1.82) is 5.26 Å². The van der Waals surface area contributed by atoms with Crippen LogP contribution in [0.25, 0.3) is 0 Å². The van der Waals surface area contributed by atoms with Gasteiger partial charge in [0.25, 0.3) is 0 Å². The number of hydrogen-bond donors (Lipinski definition) is 0. The Morgan fingerprint density at radius 1 is 1.53 bits per heavy atom. The molecular weight excluding hydrogens is 235 g/mol. The van der Waals surface area contributed by atoms with Crippen LogP contribution in [0.4, 0.5) is 5.69 Å².